The maximum absolute atomic E-state index is 13.6. The van der Waals surface area contributed by atoms with E-state index in [-0.39, 0.29) is 11.5 Å². The lowest BCUT2D eigenvalue weighted by Gasteiger charge is -2.24. The van der Waals surface area contributed by atoms with E-state index in [1.165, 1.54) is 0 Å². The molecule has 0 bridgehead atoms. The zero-order valence-corrected chi connectivity index (χ0v) is 21.2. The molecule has 1 N–H and O–H groups in total. The number of nitrogens with zero attached hydrogens (tertiary/aromatic N) is 3. The zero-order chi connectivity index (χ0) is 23.7. The number of carbonyl (C=O) groups excluding carboxylic acids is 1. The van der Waals surface area contributed by atoms with Gasteiger partial charge in [-0.25, -0.2) is 4.98 Å². The Morgan fingerprint density at radius 3 is 2.28 bits per heavy atom. The van der Waals surface area contributed by atoms with E-state index < -0.39 is 6.04 Å². The molecule has 2 heterocycles. The Hall–Kier alpha value is -2.51. The lowest BCUT2D eigenvalue weighted by atomic mass is 10.0. The molecule has 0 saturated heterocycles. The molecule has 0 saturated carbocycles. The molecule has 7 heteroatoms. The first-order chi connectivity index (χ1) is 15.1. The van der Waals surface area contributed by atoms with Gasteiger partial charge < -0.3 is 5.32 Å². The van der Waals surface area contributed by atoms with Crippen LogP contribution in [0.3, 0.4) is 0 Å². The van der Waals surface area contributed by atoms with Crippen LogP contribution in [0.5, 0.6) is 0 Å². The first-order valence-corrected chi connectivity index (χ1v) is 12.0. The summed E-state index contributed by atoms with van der Waals surface area (Å²) in [4.78, 5) is 35.9. The number of anilines is 1. The van der Waals surface area contributed by atoms with Crippen LogP contribution in [0.2, 0.25) is 0 Å². The molecule has 0 aliphatic rings. The van der Waals surface area contributed by atoms with Crippen LogP contribution in [0.1, 0.15) is 59.8 Å². The van der Waals surface area contributed by atoms with Crippen LogP contribution in [0.15, 0.2) is 16.9 Å². The van der Waals surface area contributed by atoms with Crippen molar-refractivity contribution < 1.29 is 4.79 Å². The van der Waals surface area contributed by atoms with Crippen LogP contribution in [-0.4, -0.2) is 33.4 Å². The van der Waals surface area contributed by atoms with Crippen LogP contribution in [0.25, 0.3) is 10.2 Å². The van der Waals surface area contributed by atoms with Crippen molar-refractivity contribution in [3.05, 3.63) is 55.4 Å². The van der Waals surface area contributed by atoms with Crippen molar-refractivity contribution in [3.8, 4) is 0 Å². The first kappa shape index (κ1) is 24.1. The predicted molar refractivity (Wildman–Crippen MR) is 134 cm³/mol. The smallest absolute Gasteiger partial charge is 0.263 e. The van der Waals surface area contributed by atoms with Gasteiger partial charge in [0.2, 0.25) is 5.91 Å². The topological polar surface area (TPSA) is 67.2 Å². The molecule has 0 aliphatic heterocycles. The highest BCUT2D eigenvalue weighted by molar-refractivity contribution is 7.18. The minimum atomic E-state index is -0.690. The highest BCUT2D eigenvalue weighted by atomic mass is 32.1. The normalized spacial score (nSPS) is 12.5. The molecular weight excluding hydrogens is 420 g/mol. The Kier molecular flexibility index (Phi) is 7.20. The third-order valence-corrected chi connectivity index (χ3v) is 7.36. The lowest BCUT2D eigenvalue weighted by molar-refractivity contribution is -0.119. The second kappa shape index (κ2) is 9.55. The summed E-state index contributed by atoms with van der Waals surface area (Å²) in [5.74, 6) is 0.418. The minimum Gasteiger partial charge on any atom is -0.324 e. The second-order valence-corrected chi connectivity index (χ2v) is 9.77. The van der Waals surface area contributed by atoms with Crippen LogP contribution >= 0.6 is 11.3 Å². The molecule has 3 rings (SSSR count). The molecule has 1 unspecified atom stereocenters. The van der Waals surface area contributed by atoms with Gasteiger partial charge in [-0.15, -0.1) is 11.3 Å². The predicted octanol–water partition coefficient (Wildman–Crippen LogP) is 5.04. The maximum atomic E-state index is 13.6. The molecule has 32 heavy (non-hydrogen) atoms. The van der Waals surface area contributed by atoms with Crippen molar-refractivity contribution in [1.82, 2.24) is 14.5 Å². The number of fused-ring (bicyclic) bond motifs is 1. The van der Waals surface area contributed by atoms with Crippen LogP contribution < -0.4 is 10.9 Å². The zero-order valence-electron chi connectivity index (χ0n) is 20.4. The quantitative estimate of drug-likeness (QED) is 0.543. The molecule has 1 aromatic carbocycles. The van der Waals surface area contributed by atoms with Crippen LogP contribution in [0.4, 0.5) is 5.69 Å². The number of benzene rings is 1. The third kappa shape index (κ3) is 4.50. The summed E-state index contributed by atoms with van der Waals surface area (Å²) in [6, 6.07) is 3.41. The van der Waals surface area contributed by atoms with Gasteiger partial charge in [0.05, 0.1) is 11.9 Å². The number of hydrogen-bond donors (Lipinski definition) is 1. The van der Waals surface area contributed by atoms with Gasteiger partial charge in [-0.1, -0.05) is 31.5 Å². The van der Waals surface area contributed by atoms with Crippen molar-refractivity contribution in [3.63, 3.8) is 0 Å². The summed E-state index contributed by atoms with van der Waals surface area (Å²) >= 11 is 1.54. The molecule has 0 spiro atoms. The van der Waals surface area contributed by atoms with E-state index in [0.29, 0.717) is 17.8 Å². The van der Waals surface area contributed by atoms with E-state index in [1.807, 2.05) is 34.6 Å². The van der Waals surface area contributed by atoms with Crippen LogP contribution in [-0.2, 0) is 11.3 Å². The third-order valence-electron chi connectivity index (χ3n) is 6.26. The fraction of sp³-hybridized carbons (Fsp3) is 0.480. The van der Waals surface area contributed by atoms with E-state index >= 15 is 0 Å². The van der Waals surface area contributed by atoms with E-state index in [4.69, 9.17) is 4.98 Å². The van der Waals surface area contributed by atoms with Gasteiger partial charge in [0.15, 0.2) is 0 Å². The van der Waals surface area contributed by atoms with Crippen molar-refractivity contribution >= 4 is 33.1 Å². The molecule has 172 valence electrons. The molecule has 1 atom stereocenters. The van der Waals surface area contributed by atoms with E-state index in [1.54, 1.807) is 22.8 Å². The molecule has 0 aliphatic carbocycles. The van der Waals surface area contributed by atoms with Gasteiger partial charge >= 0.3 is 0 Å². The Morgan fingerprint density at radius 1 is 1.12 bits per heavy atom. The van der Waals surface area contributed by atoms with Crippen molar-refractivity contribution in [2.75, 3.05) is 18.4 Å². The molecule has 2 aromatic heterocycles. The van der Waals surface area contributed by atoms with Crippen molar-refractivity contribution in [2.45, 2.75) is 68.0 Å². The number of amides is 1. The van der Waals surface area contributed by atoms with E-state index in [2.05, 4.69) is 36.2 Å². The van der Waals surface area contributed by atoms with Crippen molar-refractivity contribution in [2.24, 2.45) is 0 Å². The lowest BCUT2D eigenvalue weighted by Crippen LogP contribution is -2.37. The summed E-state index contributed by atoms with van der Waals surface area (Å²) in [6.45, 7) is 18.1. The molecule has 0 fully saturated rings. The molecule has 6 nitrogen and oxygen atoms in total. The monoisotopic (exact) mass is 454 g/mol. The first-order valence-electron chi connectivity index (χ1n) is 11.2. The van der Waals surface area contributed by atoms with Gasteiger partial charge in [0, 0.05) is 10.6 Å². The number of aryl methyl sites for hydroxylation is 5. The van der Waals surface area contributed by atoms with Gasteiger partial charge in [0.1, 0.15) is 16.7 Å². The molecule has 3 aromatic rings. The van der Waals surface area contributed by atoms with Gasteiger partial charge in [-0.3, -0.25) is 19.1 Å². The van der Waals surface area contributed by atoms with E-state index in [0.717, 1.165) is 50.7 Å². The minimum absolute atomic E-state index is 0.140. The fourth-order valence-corrected chi connectivity index (χ4v) is 5.27. The number of hydrogen-bond acceptors (Lipinski definition) is 5. The maximum Gasteiger partial charge on any atom is 0.263 e. The van der Waals surface area contributed by atoms with Gasteiger partial charge in [0.25, 0.3) is 5.56 Å². The fourth-order valence-electron chi connectivity index (χ4n) is 4.23. The summed E-state index contributed by atoms with van der Waals surface area (Å²) < 4.78 is 1.59. The Balaban J connectivity index is 2.10. The highest BCUT2D eigenvalue weighted by Gasteiger charge is 2.25. The highest BCUT2D eigenvalue weighted by Crippen LogP contribution is 2.28. The molecular formula is C25H34N4O2S. The number of thiophene rings is 1. The molecule has 1 amide bonds. The number of rotatable bonds is 7. The number of carbonyl (C=O) groups is 1. The summed E-state index contributed by atoms with van der Waals surface area (Å²) in [5, 5.41) is 3.69. The summed E-state index contributed by atoms with van der Waals surface area (Å²) in [6.07, 6.45) is 0. The largest absolute Gasteiger partial charge is 0.324 e. The number of aromatic nitrogens is 2. The SMILES string of the molecule is CCN(CC)Cc1nc2sc(C)c(C)c2c(=O)n1C(C)C(=O)Nc1c(C)cc(C)cc1C. The van der Waals surface area contributed by atoms with E-state index in [9.17, 15) is 9.59 Å². The summed E-state index contributed by atoms with van der Waals surface area (Å²) in [7, 11) is 0. The second-order valence-electron chi connectivity index (χ2n) is 8.57. The van der Waals surface area contributed by atoms with Crippen LogP contribution in [0, 0.1) is 34.6 Å². The average Bonchev–Trinajstić information content (AvgIpc) is 3.01. The summed E-state index contributed by atoms with van der Waals surface area (Å²) in [5.41, 5.74) is 4.79. The Bertz CT molecular complexity index is 1200. The standard InChI is InChI=1S/C25H34N4O2S/c1-9-28(10-2)13-20-26-24-21(17(6)19(8)32-24)25(31)29(20)18(7)23(30)27-22-15(4)11-14(3)12-16(22)5/h11-12,18H,9-10,13H2,1-8H3,(H,27,30). The molecule has 0 radical (unpaired) electrons. The number of nitrogens with one attached hydrogen (secondary N) is 1. The van der Waals surface area contributed by atoms with Crippen molar-refractivity contribution in [1.29, 1.82) is 0 Å². The average molecular weight is 455 g/mol. The van der Waals surface area contributed by atoms with Gasteiger partial charge in [-0.2, -0.15) is 0 Å². The Labute approximate surface area is 194 Å². The van der Waals surface area contributed by atoms with Gasteiger partial charge in [-0.05, 0) is 71.3 Å². The Morgan fingerprint density at radius 2 is 1.72 bits per heavy atom.